The van der Waals surface area contributed by atoms with Crippen LogP contribution in [-0.4, -0.2) is 11.5 Å². The fraction of sp³-hybridized carbons (Fsp3) is 0.214. The summed E-state index contributed by atoms with van der Waals surface area (Å²) < 4.78 is 1.03. The Labute approximate surface area is 120 Å². The Kier molecular flexibility index (Phi) is 5.23. The highest BCUT2D eigenvalue weighted by Crippen LogP contribution is 2.31. The van der Waals surface area contributed by atoms with Gasteiger partial charge in [0.15, 0.2) is 0 Å². The molecule has 1 aromatic carbocycles. The zero-order valence-corrected chi connectivity index (χ0v) is 12.6. The van der Waals surface area contributed by atoms with Gasteiger partial charge in [-0.3, -0.25) is 0 Å². The second-order valence-electron chi connectivity index (χ2n) is 3.82. The topological polar surface area (TPSA) is 24.9 Å². The van der Waals surface area contributed by atoms with Gasteiger partial charge in [-0.25, -0.2) is 4.98 Å². The molecule has 0 unspecified atom stereocenters. The molecule has 94 valence electrons. The molecule has 0 radical (unpaired) electrons. The Morgan fingerprint density at radius 2 is 2.00 bits per heavy atom. The minimum Gasteiger partial charge on any atom is -0.313 e. The third-order valence-corrected chi connectivity index (χ3v) is 4.37. The lowest BCUT2D eigenvalue weighted by Gasteiger charge is -2.05. The molecule has 1 aromatic heterocycles. The van der Waals surface area contributed by atoms with Gasteiger partial charge < -0.3 is 5.32 Å². The lowest BCUT2D eigenvalue weighted by atomic mass is 10.2. The molecular weight excluding hydrogens is 308 g/mol. The van der Waals surface area contributed by atoms with Gasteiger partial charge >= 0.3 is 0 Å². The van der Waals surface area contributed by atoms with Crippen LogP contribution in [0.1, 0.15) is 12.5 Å². The molecule has 0 aliphatic rings. The Balaban J connectivity index is 2.04. The van der Waals surface area contributed by atoms with Gasteiger partial charge in [0, 0.05) is 17.6 Å². The minimum absolute atomic E-state index is 0.925. The van der Waals surface area contributed by atoms with E-state index in [1.54, 1.807) is 11.8 Å². The number of hydrogen-bond acceptors (Lipinski definition) is 3. The van der Waals surface area contributed by atoms with Crippen LogP contribution in [0, 0.1) is 0 Å². The maximum absolute atomic E-state index is 4.35. The van der Waals surface area contributed by atoms with Gasteiger partial charge in [0.25, 0.3) is 0 Å². The largest absolute Gasteiger partial charge is 0.313 e. The molecule has 0 spiro atoms. The van der Waals surface area contributed by atoms with Crippen LogP contribution in [0.2, 0.25) is 0 Å². The lowest BCUT2D eigenvalue weighted by Crippen LogP contribution is -2.11. The zero-order chi connectivity index (χ0) is 12.8. The summed E-state index contributed by atoms with van der Waals surface area (Å²) in [5.74, 6) is 0. The first-order valence-corrected chi connectivity index (χ1v) is 7.48. The first kappa shape index (κ1) is 13.6. The van der Waals surface area contributed by atoms with E-state index in [-0.39, 0.29) is 0 Å². The lowest BCUT2D eigenvalue weighted by molar-refractivity contribution is 0.726. The molecule has 1 heterocycles. The predicted molar refractivity (Wildman–Crippen MR) is 79.9 cm³/mol. The summed E-state index contributed by atoms with van der Waals surface area (Å²) in [5, 5.41) is 4.31. The van der Waals surface area contributed by atoms with Crippen LogP contribution in [0.5, 0.6) is 0 Å². The Morgan fingerprint density at radius 1 is 1.22 bits per heavy atom. The third-order valence-electron chi connectivity index (χ3n) is 2.44. The van der Waals surface area contributed by atoms with Crippen molar-refractivity contribution in [3.63, 3.8) is 0 Å². The molecule has 0 saturated heterocycles. The van der Waals surface area contributed by atoms with Crippen LogP contribution in [0.25, 0.3) is 0 Å². The summed E-state index contributed by atoms with van der Waals surface area (Å²) >= 11 is 5.18. The molecule has 4 heteroatoms. The smallest absolute Gasteiger partial charge is 0.115 e. The van der Waals surface area contributed by atoms with Crippen LogP contribution in [-0.2, 0) is 6.54 Å². The molecule has 0 bridgehead atoms. The van der Waals surface area contributed by atoms with Crippen molar-refractivity contribution in [1.82, 2.24) is 10.3 Å². The van der Waals surface area contributed by atoms with E-state index < -0.39 is 0 Å². The molecule has 0 saturated carbocycles. The Hall–Kier alpha value is -0.840. The van der Waals surface area contributed by atoms with E-state index in [2.05, 4.69) is 57.4 Å². The first-order valence-electron chi connectivity index (χ1n) is 5.87. The van der Waals surface area contributed by atoms with Gasteiger partial charge in [-0.15, -0.1) is 0 Å². The van der Waals surface area contributed by atoms with Gasteiger partial charge in [0.1, 0.15) is 5.03 Å². The van der Waals surface area contributed by atoms with E-state index in [1.807, 2.05) is 18.3 Å². The summed E-state index contributed by atoms with van der Waals surface area (Å²) in [4.78, 5) is 5.55. The quantitative estimate of drug-likeness (QED) is 0.896. The van der Waals surface area contributed by atoms with Crippen molar-refractivity contribution in [2.24, 2.45) is 0 Å². The van der Waals surface area contributed by atoms with E-state index in [4.69, 9.17) is 0 Å². The molecular formula is C14H15BrN2S. The van der Waals surface area contributed by atoms with E-state index in [9.17, 15) is 0 Å². The van der Waals surface area contributed by atoms with Crippen molar-refractivity contribution in [3.8, 4) is 0 Å². The van der Waals surface area contributed by atoms with Crippen LogP contribution in [0.4, 0.5) is 0 Å². The molecule has 2 rings (SSSR count). The normalized spacial score (nSPS) is 10.6. The highest BCUT2D eigenvalue weighted by Gasteiger charge is 2.03. The van der Waals surface area contributed by atoms with E-state index in [0.717, 1.165) is 22.6 Å². The fourth-order valence-corrected chi connectivity index (χ4v) is 2.77. The van der Waals surface area contributed by atoms with E-state index in [1.165, 1.54) is 10.5 Å². The molecule has 0 fully saturated rings. The molecule has 1 N–H and O–H groups in total. The number of nitrogens with zero attached hydrogens (tertiary/aromatic N) is 1. The Morgan fingerprint density at radius 3 is 2.67 bits per heavy atom. The molecule has 0 amide bonds. The Bertz CT molecular complexity index is 499. The van der Waals surface area contributed by atoms with Gasteiger partial charge in [-0.2, -0.15) is 0 Å². The van der Waals surface area contributed by atoms with Gasteiger partial charge in [0.05, 0.1) is 4.47 Å². The summed E-state index contributed by atoms with van der Waals surface area (Å²) in [6, 6.07) is 12.5. The average molecular weight is 323 g/mol. The van der Waals surface area contributed by atoms with Crippen molar-refractivity contribution in [3.05, 3.63) is 52.6 Å². The number of nitrogens with one attached hydrogen (secondary N) is 1. The summed E-state index contributed by atoms with van der Waals surface area (Å²) in [6.45, 7) is 4.04. The zero-order valence-electron chi connectivity index (χ0n) is 10.2. The van der Waals surface area contributed by atoms with Crippen LogP contribution in [0.15, 0.2) is 57.0 Å². The highest BCUT2D eigenvalue weighted by atomic mass is 79.9. The predicted octanol–water partition coefficient (Wildman–Crippen LogP) is 4.10. The van der Waals surface area contributed by atoms with Crippen molar-refractivity contribution in [1.29, 1.82) is 0 Å². The molecule has 0 atom stereocenters. The molecule has 18 heavy (non-hydrogen) atoms. The number of rotatable bonds is 5. The molecule has 0 aliphatic carbocycles. The number of aromatic nitrogens is 1. The summed E-state index contributed by atoms with van der Waals surface area (Å²) in [7, 11) is 0. The van der Waals surface area contributed by atoms with E-state index >= 15 is 0 Å². The molecule has 0 aliphatic heterocycles. The van der Waals surface area contributed by atoms with Crippen molar-refractivity contribution < 1.29 is 0 Å². The van der Waals surface area contributed by atoms with Gasteiger partial charge in [-0.05, 0) is 52.3 Å². The number of pyridine rings is 1. The standard InChI is InChI=1S/C14H15BrN2S/c1-2-16-10-11-5-7-12(8-6-11)18-14-13(15)4-3-9-17-14/h3-9,16H,2,10H2,1H3. The number of hydrogen-bond donors (Lipinski definition) is 1. The molecule has 2 aromatic rings. The fourth-order valence-electron chi connectivity index (χ4n) is 1.50. The summed E-state index contributed by atoms with van der Waals surface area (Å²) in [5.41, 5.74) is 1.31. The second-order valence-corrected chi connectivity index (χ2v) is 5.73. The third kappa shape index (κ3) is 3.83. The maximum Gasteiger partial charge on any atom is 0.115 e. The first-order chi connectivity index (χ1) is 8.79. The van der Waals surface area contributed by atoms with E-state index in [0.29, 0.717) is 0 Å². The average Bonchev–Trinajstić information content (AvgIpc) is 2.41. The van der Waals surface area contributed by atoms with Crippen molar-refractivity contribution in [2.45, 2.75) is 23.4 Å². The van der Waals surface area contributed by atoms with Gasteiger partial charge in [-0.1, -0.05) is 30.8 Å². The van der Waals surface area contributed by atoms with Crippen LogP contribution >= 0.6 is 27.7 Å². The minimum atomic E-state index is 0.925. The van der Waals surface area contributed by atoms with Crippen LogP contribution < -0.4 is 5.32 Å². The van der Waals surface area contributed by atoms with Crippen LogP contribution in [0.3, 0.4) is 0 Å². The summed E-state index contributed by atoms with van der Waals surface area (Å²) in [6.07, 6.45) is 1.81. The highest BCUT2D eigenvalue weighted by molar-refractivity contribution is 9.10. The van der Waals surface area contributed by atoms with Crippen molar-refractivity contribution >= 4 is 27.7 Å². The monoisotopic (exact) mass is 322 g/mol. The van der Waals surface area contributed by atoms with Crippen molar-refractivity contribution in [2.75, 3.05) is 6.54 Å². The SMILES string of the molecule is CCNCc1ccc(Sc2ncccc2Br)cc1. The number of benzene rings is 1. The van der Waals surface area contributed by atoms with Gasteiger partial charge in [0.2, 0.25) is 0 Å². The number of halogens is 1. The second kappa shape index (κ2) is 6.92. The molecule has 2 nitrogen and oxygen atoms in total. The maximum atomic E-state index is 4.35.